The summed E-state index contributed by atoms with van der Waals surface area (Å²) < 4.78 is 1.06. The number of hydrogen-bond donors (Lipinski definition) is 2. The Balaban J connectivity index is 1.99. The summed E-state index contributed by atoms with van der Waals surface area (Å²) in [5, 5.41) is 3.91. The Bertz CT molecular complexity index is 566. The van der Waals surface area contributed by atoms with E-state index < -0.39 is 0 Å². The zero-order valence-electron chi connectivity index (χ0n) is 10.9. The second-order valence-corrected chi connectivity index (χ2v) is 6.33. The predicted octanol–water partition coefficient (Wildman–Crippen LogP) is 3.36. The third kappa shape index (κ3) is 3.42. The Hall–Kier alpha value is -1.20. The monoisotopic (exact) mass is 294 g/mol. The first kappa shape index (κ1) is 14.2. The summed E-state index contributed by atoms with van der Waals surface area (Å²) in [7, 11) is 0. The summed E-state index contributed by atoms with van der Waals surface area (Å²) >= 11 is 3.29. The first-order chi connectivity index (χ1) is 9.24. The zero-order valence-corrected chi connectivity index (χ0v) is 12.6. The molecule has 0 saturated heterocycles. The molecule has 5 heteroatoms. The van der Waals surface area contributed by atoms with Gasteiger partial charge in [0.2, 0.25) is 0 Å². The Morgan fingerprint density at radius 2 is 2.16 bits per heavy atom. The molecule has 1 heterocycles. The van der Waals surface area contributed by atoms with Crippen LogP contribution in [0.15, 0.2) is 24.3 Å². The van der Waals surface area contributed by atoms with E-state index in [2.05, 4.69) is 11.6 Å². The summed E-state index contributed by atoms with van der Waals surface area (Å²) in [6.07, 6.45) is 4.23. The normalized spacial score (nSPS) is 10.8. The van der Waals surface area contributed by atoms with Gasteiger partial charge in [0.25, 0.3) is 5.91 Å². The van der Waals surface area contributed by atoms with Crippen LogP contribution >= 0.6 is 23.1 Å². The Morgan fingerprint density at radius 3 is 2.89 bits per heavy atom. The van der Waals surface area contributed by atoms with Crippen molar-refractivity contribution in [1.29, 1.82) is 0 Å². The van der Waals surface area contributed by atoms with Crippen LogP contribution in [0.1, 0.15) is 22.5 Å². The Labute approximate surface area is 121 Å². The average Bonchev–Trinajstić information content (AvgIpc) is 2.76. The lowest BCUT2D eigenvalue weighted by Gasteiger charge is -2.03. The number of nitrogen functional groups attached to an aromatic ring is 1. The number of carbonyl (C=O) groups is 1. The Kier molecular flexibility index (Phi) is 5.10. The number of fused-ring (bicyclic) bond motifs is 1. The minimum absolute atomic E-state index is 0.0529. The van der Waals surface area contributed by atoms with Crippen molar-refractivity contribution in [3.63, 3.8) is 0 Å². The fourth-order valence-electron chi connectivity index (χ4n) is 1.89. The average molecular weight is 294 g/mol. The SMILES string of the molecule is CSCCCCNC(=O)c1sc2ccccc2c1N. The summed E-state index contributed by atoms with van der Waals surface area (Å²) in [6.45, 7) is 0.715. The van der Waals surface area contributed by atoms with E-state index in [0.29, 0.717) is 17.1 Å². The molecule has 3 N–H and O–H groups in total. The molecule has 0 spiro atoms. The van der Waals surface area contributed by atoms with Crippen molar-refractivity contribution in [1.82, 2.24) is 5.32 Å². The number of rotatable bonds is 6. The number of thiophene rings is 1. The number of anilines is 1. The van der Waals surface area contributed by atoms with Gasteiger partial charge in [0.1, 0.15) is 4.88 Å². The van der Waals surface area contributed by atoms with Crippen molar-refractivity contribution in [3.8, 4) is 0 Å². The molecule has 2 aromatic rings. The summed E-state index contributed by atoms with van der Waals surface area (Å²) in [6, 6.07) is 7.85. The van der Waals surface area contributed by atoms with Crippen LogP contribution in [0.25, 0.3) is 10.1 Å². The van der Waals surface area contributed by atoms with E-state index in [1.807, 2.05) is 36.0 Å². The molecule has 0 saturated carbocycles. The number of carbonyl (C=O) groups excluding carboxylic acids is 1. The van der Waals surface area contributed by atoms with Gasteiger partial charge >= 0.3 is 0 Å². The third-order valence-corrected chi connectivity index (χ3v) is 4.78. The smallest absolute Gasteiger partial charge is 0.263 e. The molecule has 0 aliphatic rings. The van der Waals surface area contributed by atoms with Gasteiger partial charge in [-0.3, -0.25) is 4.79 Å². The molecule has 0 radical (unpaired) electrons. The molecule has 102 valence electrons. The van der Waals surface area contributed by atoms with Gasteiger partial charge in [-0.05, 0) is 30.9 Å². The number of thioether (sulfide) groups is 1. The maximum atomic E-state index is 12.1. The van der Waals surface area contributed by atoms with Crippen LogP contribution in [0, 0.1) is 0 Å². The molecule has 0 aliphatic heterocycles. The highest BCUT2D eigenvalue weighted by atomic mass is 32.2. The van der Waals surface area contributed by atoms with Gasteiger partial charge < -0.3 is 11.1 Å². The number of unbranched alkanes of at least 4 members (excludes halogenated alkanes) is 1. The van der Waals surface area contributed by atoms with Crippen LogP contribution in [0.5, 0.6) is 0 Å². The van der Waals surface area contributed by atoms with Crippen molar-refractivity contribution >= 4 is 44.8 Å². The highest BCUT2D eigenvalue weighted by Gasteiger charge is 2.15. The van der Waals surface area contributed by atoms with E-state index >= 15 is 0 Å². The minimum atomic E-state index is -0.0529. The van der Waals surface area contributed by atoms with Gasteiger partial charge in [0.05, 0.1) is 5.69 Å². The van der Waals surface area contributed by atoms with Crippen LogP contribution in [-0.4, -0.2) is 24.5 Å². The molecule has 1 aromatic carbocycles. The zero-order chi connectivity index (χ0) is 13.7. The predicted molar refractivity (Wildman–Crippen MR) is 86.2 cm³/mol. The maximum absolute atomic E-state index is 12.1. The van der Waals surface area contributed by atoms with Crippen LogP contribution in [-0.2, 0) is 0 Å². The molecule has 0 aliphatic carbocycles. The van der Waals surface area contributed by atoms with E-state index in [1.165, 1.54) is 11.3 Å². The van der Waals surface area contributed by atoms with E-state index in [1.54, 1.807) is 0 Å². The van der Waals surface area contributed by atoms with Crippen molar-refractivity contribution in [2.75, 3.05) is 24.3 Å². The molecule has 19 heavy (non-hydrogen) atoms. The van der Waals surface area contributed by atoms with Crippen molar-refractivity contribution < 1.29 is 4.79 Å². The molecular formula is C14H18N2OS2. The molecule has 1 amide bonds. The first-order valence-electron chi connectivity index (χ1n) is 6.28. The molecular weight excluding hydrogens is 276 g/mol. The van der Waals surface area contributed by atoms with Gasteiger partial charge in [-0.1, -0.05) is 18.2 Å². The standard InChI is InChI=1S/C14H18N2OS2/c1-18-9-5-4-8-16-14(17)13-12(15)10-6-2-3-7-11(10)19-13/h2-3,6-7H,4-5,8-9,15H2,1H3,(H,16,17). The van der Waals surface area contributed by atoms with Gasteiger partial charge in [-0.2, -0.15) is 11.8 Å². The summed E-state index contributed by atoms with van der Waals surface area (Å²) in [5.41, 5.74) is 6.64. The van der Waals surface area contributed by atoms with E-state index in [-0.39, 0.29) is 5.91 Å². The van der Waals surface area contributed by atoms with Crippen molar-refractivity contribution in [2.45, 2.75) is 12.8 Å². The Morgan fingerprint density at radius 1 is 1.37 bits per heavy atom. The molecule has 2 rings (SSSR count). The lowest BCUT2D eigenvalue weighted by atomic mass is 10.2. The fraction of sp³-hybridized carbons (Fsp3) is 0.357. The molecule has 0 bridgehead atoms. The van der Waals surface area contributed by atoms with E-state index in [0.717, 1.165) is 28.7 Å². The number of benzene rings is 1. The number of amides is 1. The maximum Gasteiger partial charge on any atom is 0.263 e. The second kappa shape index (κ2) is 6.82. The van der Waals surface area contributed by atoms with Gasteiger partial charge in [0.15, 0.2) is 0 Å². The highest BCUT2D eigenvalue weighted by Crippen LogP contribution is 2.33. The van der Waals surface area contributed by atoms with Crippen LogP contribution in [0.3, 0.4) is 0 Å². The van der Waals surface area contributed by atoms with E-state index in [4.69, 9.17) is 5.73 Å². The third-order valence-electron chi connectivity index (χ3n) is 2.90. The van der Waals surface area contributed by atoms with Gasteiger partial charge in [-0.15, -0.1) is 11.3 Å². The van der Waals surface area contributed by atoms with Crippen LogP contribution in [0.2, 0.25) is 0 Å². The quantitative estimate of drug-likeness (QED) is 0.803. The molecule has 1 aromatic heterocycles. The topological polar surface area (TPSA) is 55.1 Å². The summed E-state index contributed by atoms with van der Waals surface area (Å²) in [5.74, 6) is 1.09. The fourth-order valence-corrected chi connectivity index (χ4v) is 3.42. The van der Waals surface area contributed by atoms with E-state index in [9.17, 15) is 4.79 Å². The lowest BCUT2D eigenvalue weighted by Crippen LogP contribution is -2.24. The first-order valence-corrected chi connectivity index (χ1v) is 8.49. The van der Waals surface area contributed by atoms with Gasteiger partial charge in [-0.25, -0.2) is 0 Å². The summed E-state index contributed by atoms with van der Waals surface area (Å²) in [4.78, 5) is 12.7. The molecule has 0 fully saturated rings. The number of nitrogens with two attached hydrogens (primary N) is 1. The molecule has 0 atom stereocenters. The number of nitrogens with one attached hydrogen (secondary N) is 1. The van der Waals surface area contributed by atoms with Crippen molar-refractivity contribution in [2.24, 2.45) is 0 Å². The largest absolute Gasteiger partial charge is 0.397 e. The number of hydrogen-bond acceptors (Lipinski definition) is 4. The van der Waals surface area contributed by atoms with Crippen LogP contribution < -0.4 is 11.1 Å². The highest BCUT2D eigenvalue weighted by molar-refractivity contribution is 7.98. The van der Waals surface area contributed by atoms with Crippen LogP contribution in [0.4, 0.5) is 5.69 Å². The van der Waals surface area contributed by atoms with Crippen molar-refractivity contribution in [3.05, 3.63) is 29.1 Å². The molecule has 3 nitrogen and oxygen atoms in total. The molecule has 0 unspecified atom stereocenters. The second-order valence-electron chi connectivity index (χ2n) is 4.30. The minimum Gasteiger partial charge on any atom is -0.397 e. The lowest BCUT2D eigenvalue weighted by molar-refractivity contribution is 0.0958. The van der Waals surface area contributed by atoms with Gasteiger partial charge in [0, 0.05) is 16.6 Å².